The number of carbonyl (C=O) groups is 1. The van der Waals surface area contributed by atoms with Gasteiger partial charge >= 0.3 is 6.09 Å². The Bertz CT molecular complexity index is 744. The molecular formula is C18H22BrN3O2. The molecule has 1 aromatic heterocycles. The van der Waals surface area contributed by atoms with E-state index in [1.807, 2.05) is 18.2 Å². The highest BCUT2D eigenvalue weighted by Crippen LogP contribution is 2.34. The number of hydrogen-bond donors (Lipinski definition) is 2. The zero-order chi connectivity index (χ0) is 17.1. The van der Waals surface area contributed by atoms with Crippen molar-refractivity contribution in [3.63, 3.8) is 0 Å². The van der Waals surface area contributed by atoms with Gasteiger partial charge in [-0.3, -0.25) is 0 Å². The lowest BCUT2D eigenvalue weighted by Gasteiger charge is -2.29. The molecule has 0 aliphatic heterocycles. The first-order valence-electron chi connectivity index (χ1n) is 8.54. The van der Waals surface area contributed by atoms with Crippen LogP contribution in [0.2, 0.25) is 0 Å². The Balaban J connectivity index is 2.05. The van der Waals surface area contributed by atoms with Crippen molar-refractivity contribution >= 4 is 32.9 Å². The van der Waals surface area contributed by atoms with Crippen LogP contribution < -0.4 is 5.32 Å². The van der Waals surface area contributed by atoms with Crippen molar-refractivity contribution in [3.8, 4) is 0 Å². The SMILES string of the molecule is CCc1nc(C(NC(=O)O)C2CCCCC2)nc2ccc(Br)cc12. The van der Waals surface area contributed by atoms with Crippen LogP contribution in [0.4, 0.5) is 4.79 Å². The average molecular weight is 392 g/mol. The van der Waals surface area contributed by atoms with Crippen LogP contribution in [0.25, 0.3) is 10.9 Å². The second-order valence-corrected chi connectivity index (χ2v) is 7.28. The van der Waals surface area contributed by atoms with Crippen LogP contribution in [0, 0.1) is 5.92 Å². The molecule has 1 unspecified atom stereocenters. The highest BCUT2D eigenvalue weighted by atomic mass is 79.9. The van der Waals surface area contributed by atoms with Crippen LogP contribution in [-0.2, 0) is 6.42 Å². The Morgan fingerprint density at radius 2 is 2.08 bits per heavy atom. The molecule has 0 saturated heterocycles. The van der Waals surface area contributed by atoms with Gasteiger partial charge in [-0.1, -0.05) is 42.1 Å². The third kappa shape index (κ3) is 3.69. The molecule has 3 rings (SSSR count). The van der Waals surface area contributed by atoms with Crippen molar-refractivity contribution in [2.24, 2.45) is 5.92 Å². The molecule has 1 fully saturated rings. The Morgan fingerprint density at radius 3 is 2.75 bits per heavy atom. The molecule has 1 aliphatic rings. The Morgan fingerprint density at radius 1 is 1.33 bits per heavy atom. The van der Waals surface area contributed by atoms with Crippen molar-refractivity contribution in [1.29, 1.82) is 0 Å². The molecule has 5 nitrogen and oxygen atoms in total. The number of aryl methyl sites for hydroxylation is 1. The van der Waals surface area contributed by atoms with Crippen molar-refractivity contribution in [3.05, 3.63) is 34.2 Å². The number of amides is 1. The Labute approximate surface area is 150 Å². The molecule has 6 heteroatoms. The van der Waals surface area contributed by atoms with E-state index in [0.717, 1.165) is 53.2 Å². The number of aromatic nitrogens is 2. The number of carboxylic acid groups (broad SMARTS) is 1. The van der Waals surface area contributed by atoms with E-state index in [1.165, 1.54) is 6.42 Å². The van der Waals surface area contributed by atoms with Crippen LogP contribution in [0.1, 0.15) is 56.6 Å². The Hall–Kier alpha value is -1.69. The predicted molar refractivity (Wildman–Crippen MR) is 97.1 cm³/mol. The molecule has 1 heterocycles. The fourth-order valence-electron chi connectivity index (χ4n) is 3.59. The topological polar surface area (TPSA) is 75.1 Å². The summed E-state index contributed by atoms with van der Waals surface area (Å²) < 4.78 is 0.994. The van der Waals surface area contributed by atoms with Crippen LogP contribution in [-0.4, -0.2) is 21.2 Å². The van der Waals surface area contributed by atoms with E-state index in [1.54, 1.807) is 0 Å². The summed E-state index contributed by atoms with van der Waals surface area (Å²) in [5.74, 6) is 0.878. The molecule has 1 aromatic carbocycles. The first-order chi connectivity index (χ1) is 11.6. The number of nitrogens with zero attached hydrogens (tertiary/aromatic N) is 2. The third-order valence-electron chi connectivity index (χ3n) is 4.77. The van der Waals surface area contributed by atoms with Crippen molar-refractivity contribution in [1.82, 2.24) is 15.3 Å². The summed E-state index contributed by atoms with van der Waals surface area (Å²) in [6, 6.07) is 5.61. The van der Waals surface area contributed by atoms with Gasteiger partial charge in [0.2, 0.25) is 0 Å². The minimum absolute atomic E-state index is 0.271. The molecule has 0 bridgehead atoms. The summed E-state index contributed by atoms with van der Waals surface area (Å²) in [6.07, 6.45) is 5.33. The minimum atomic E-state index is -1.01. The molecule has 1 aliphatic carbocycles. The number of hydrogen-bond acceptors (Lipinski definition) is 3. The smallest absolute Gasteiger partial charge is 0.405 e. The zero-order valence-corrected chi connectivity index (χ0v) is 15.3. The maximum absolute atomic E-state index is 11.3. The monoisotopic (exact) mass is 391 g/mol. The van der Waals surface area contributed by atoms with E-state index in [0.29, 0.717) is 5.82 Å². The average Bonchev–Trinajstić information content (AvgIpc) is 2.59. The molecule has 0 spiro atoms. The molecule has 2 N–H and O–H groups in total. The lowest BCUT2D eigenvalue weighted by molar-refractivity contribution is 0.177. The largest absolute Gasteiger partial charge is 0.465 e. The van der Waals surface area contributed by atoms with Crippen molar-refractivity contribution in [2.75, 3.05) is 0 Å². The summed E-state index contributed by atoms with van der Waals surface area (Å²) >= 11 is 3.49. The second kappa shape index (κ2) is 7.47. The van der Waals surface area contributed by atoms with Gasteiger partial charge < -0.3 is 10.4 Å². The normalized spacial score (nSPS) is 16.9. The van der Waals surface area contributed by atoms with Gasteiger partial charge in [0.05, 0.1) is 17.3 Å². The zero-order valence-electron chi connectivity index (χ0n) is 13.8. The number of rotatable bonds is 4. The molecule has 2 aromatic rings. The van der Waals surface area contributed by atoms with Gasteiger partial charge in [-0.05, 0) is 43.4 Å². The Kier molecular flexibility index (Phi) is 5.33. The fourth-order valence-corrected chi connectivity index (χ4v) is 3.95. The fraction of sp³-hybridized carbons (Fsp3) is 0.500. The van der Waals surface area contributed by atoms with E-state index in [-0.39, 0.29) is 12.0 Å². The van der Waals surface area contributed by atoms with Crippen LogP contribution in [0.3, 0.4) is 0 Å². The summed E-state index contributed by atoms with van der Waals surface area (Å²) in [7, 11) is 0. The maximum Gasteiger partial charge on any atom is 0.405 e. The quantitative estimate of drug-likeness (QED) is 0.781. The van der Waals surface area contributed by atoms with Gasteiger partial charge in [0.15, 0.2) is 5.82 Å². The van der Waals surface area contributed by atoms with Crippen molar-refractivity contribution < 1.29 is 9.90 Å². The minimum Gasteiger partial charge on any atom is -0.465 e. The molecule has 0 radical (unpaired) electrons. The predicted octanol–water partition coefficient (Wildman–Crippen LogP) is 4.84. The van der Waals surface area contributed by atoms with E-state index in [9.17, 15) is 9.90 Å². The summed E-state index contributed by atoms with van der Waals surface area (Å²) in [4.78, 5) is 20.7. The van der Waals surface area contributed by atoms with Gasteiger partial charge in [-0.25, -0.2) is 14.8 Å². The number of nitrogens with one attached hydrogen (secondary N) is 1. The molecule has 1 atom stereocenters. The highest BCUT2D eigenvalue weighted by molar-refractivity contribution is 9.10. The van der Waals surface area contributed by atoms with Crippen LogP contribution >= 0.6 is 15.9 Å². The number of halogens is 1. The lowest BCUT2D eigenvalue weighted by Crippen LogP contribution is -2.34. The molecule has 1 amide bonds. The standard InChI is InChI=1S/C18H22BrN3O2/c1-2-14-13-10-12(19)8-9-15(13)21-17(20-14)16(22-18(23)24)11-6-4-3-5-7-11/h8-11,16,22H,2-7H2,1H3,(H,23,24). The number of benzene rings is 1. The van der Waals surface area contributed by atoms with E-state index in [4.69, 9.17) is 9.97 Å². The van der Waals surface area contributed by atoms with Crippen LogP contribution in [0.5, 0.6) is 0 Å². The second-order valence-electron chi connectivity index (χ2n) is 6.37. The van der Waals surface area contributed by atoms with Gasteiger partial charge in [0, 0.05) is 9.86 Å². The van der Waals surface area contributed by atoms with Gasteiger partial charge in [-0.15, -0.1) is 0 Å². The highest BCUT2D eigenvalue weighted by Gasteiger charge is 2.29. The summed E-state index contributed by atoms with van der Waals surface area (Å²) in [6.45, 7) is 2.06. The first-order valence-corrected chi connectivity index (χ1v) is 9.33. The van der Waals surface area contributed by atoms with Gasteiger partial charge in [0.1, 0.15) is 0 Å². The molecule has 1 saturated carbocycles. The third-order valence-corrected chi connectivity index (χ3v) is 5.26. The van der Waals surface area contributed by atoms with E-state index >= 15 is 0 Å². The van der Waals surface area contributed by atoms with Gasteiger partial charge in [-0.2, -0.15) is 0 Å². The molecular weight excluding hydrogens is 370 g/mol. The van der Waals surface area contributed by atoms with Crippen LogP contribution in [0.15, 0.2) is 22.7 Å². The lowest BCUT2D eigenvalue weighted by atomic mass is 9.83. The van der Waals surface area contributed by atoms with Crippen molar-refractivity contribution in [2.45, 2.75) is 51.5 Å². The number of fused-ring (bicyclic) bond motifs is 1. The van der Waals surface area contributed by atoms with E-state index in [2.05, 4.69) is 28.2 Å². The molecule has 24 heavy (non-hydrogen) atoms. The van der Waals surface area contributed by atoms with E-state index < -0.39 is 6.09 Å². The summed E-state index contributed by atoms with van der Waals surface area (Å²) in [5, 5.41) is 13.0. The maximum atomic E-state index is 11.3. The summed E-state index contributed by atoms with van der Waals surface area (Å²) in [5.41, 5.74) is 1.83. The first kappa shape index (κ1) is 17.1. The molecule has 128 valence electrons. The van der Waals surface area contributed by atoms with Gasteiger partial charge in [0.25, 0.3) is 0 Å².